The summed E-state index contributed by atoms with van der Waals surface area (Å²) < 4.78 is 1.51. The van der Waals surface area contributed by atoms with E-state index in [4.69, 9.17) is 17.0 Å². The Labute approximate surface area is 85.0 Å². The first kappa shape index (κ1) is 8.85. The first-order valence-corrected chi connectivity index (χ1v) is 4.35. The highest BCUT2D eigenvalue weighted by Gasteiger charge is 2.24. The minimum absolute atomic E-state index is 0.0789. The maximum Gasteiger partial charge on any atom is 0.453 e. The van der Waals surface area contributed by atoms with Gasteiger partial charge >= 0.3 is 5.69 Å². The van der Waals surface area contributed by atoms with Crippen LogP contribution in [-0.4, -0.2) is 9.67 Å². The van der Waals surface area contributed by atoms with Gasteiger partial charge in [-0.05, 0) is 18.2 Å². The highest BCUT2D eigenvalue weighted by molar-refractivity contribution is 6.31. The molecule has 0 saturated heterocycles. The number of aromatic nitrogens is 1. The molecule has 0 aliphatic heterocycles. The quantitative estimate of drug-likeness (QED) is 0.677. The zero-order valence-electron chi connectivity index (χ0n) is 7.40. The predicted molar refractivity (Wildman–Crippen MR) is 54.3 cm³/mol. The van der Waals surface area contributed by atoms with Gasteiger partial charge in [0.25, 0.3) is 5.88 Å². The van der Waals surface area contributed by atoms with Crippen LogP contribution in [0.2, 0.25) is 5.02 Å². The van der Waals surface area contributed by atoms with Gasteiger partial charge in [-0.15, -0.1) is 0 Å². The van der Waals surface area contributed by atoms with Crippen molar-refractivity contribution in [2.24, 2.45) is 7.05 Å². The lowest BCUT2D eigenvalue weighted by Gasteiger charge is -1.95. The van der Waals surface area contributed by atoms with Crippen LogP contribution in [-0.2, 0) is 7.05 Å². The lowest BCUT2D eigenvalue weighted by Crippen LogP contribution is -1.84. The van der Waals surface area contributed by atoms with Gasteiger partial charge in [0.2, 0.25) is 5.39 Å². The van der Waals surface area contributed by atoms with Gasteiger partial charge in [0.1, 0.15) is 0 Å². The molecule has 2 rings (SSSR count). The molecule has 14 heavy (non-hydrogen) atoms. The molecule has 1 heterocycles. The number of nitrogens with zero attached hydrogens (tertiary/aromatic N) is 3. The summed E-state index contributed by atoms with van der Waals surface area (Å²) in [6.45, 7) is 0. The van der Waals surface area contributed by atoms with Crippen LogP contribution in [0, 0.1) is 5.39 Å². The van der Waals surface area contributed by atoms with Crippen LogP contribution < -0.4 is 0 Å². The van der Waals surface area contributed by atoms with Crippen molar-refractivity contribution in [3.8, 4) is 5.88 Å². The summed E-state index contributed by atoms with van der Waals surface area (Å²) in [6.07, 6.45) is 0. The highest BCUT2D eigenvalue weighted by Crippen LogP contribution is 2.38. The van der Waals surface area contributed by atoms with E-state index in [-0.39, 0.29) is 11.6 Å². The van der Waals surface area contributed by atoms with Gasteiger partial charge in [-0.2, -0.15) is 0 Å². The average Bonchev–Trinajstić information content (AvgIpc) is 2.41. The fraction of sp³-hybridized carbons (Fsp3) is 0.111. The number of halogens is 1. The molecule has 0 amide bonds. The van der Waals surface area contributed by atoms with Crippen LogP contribution >= 0.6 is 11.6 Å². The van der Waals surface area contributed by atoms with E-state index in [9.17, 15) is 5.11 Å². The molecule has 0 saturated carbocycles. The topological polar surface area (TPSA) is 53.3 Å². The van der Waals surface area contributed by atoms with Crippen LogP contribution in [0.25, 0.3) is 15.9 Å². The maximum atomic E-state index is 9.58. The van der Waals surface area contributed by atoms with Crippen molar-refractivity contribution in [3.05, 3.63) is 28.2 Å². The monoisotopic (exact) mass is 208 g/mol. The average molecular weight is 209 g/mol. The van der Waals surface area contributed by atoms with Gasteiger partial charge in [0.05, 0.1) is 10.9 Å². The van der Waals surface area contributed by atoms with Gasteiger partial charge < -0.3 is 9.67 Å². The fourth-order valence-corrected chi connectivity index (χ4v) is 1.64. The first-order chi connectivity index (χ1) is 6.65. The smallest absolute Gasteiger partial charge is 0.453 e. The summed E-state index contributed by atoms with van der Waals surface area (Å²) in [6, 6.07) is 5.08. The minimum Gasteiger partial charge on any atom is -0.489 e. The Balaban J connectivity index is 2.97. The normalized spacial score (nSPS) is 10.4. The van der Waals surface area contributed by atoms with Crippen LogP contribution in [0.1, 0.15) is 0 Å². The van der Waals surface area contributed by atoms with Crippen molar-refractivity contribution < 1.29 is 5.11 Å². The molecule has 4 nitrogen and oxygen atoms in total. The Morgan fingerprint density at radius 1 is 1.50 bits per heavy atom. The molecule has 1 N–H and O–H groups in total. The fourth-order valence-electron chi connectivity index (χ4n) is 1.47. The SMILES string of the molecule is Cn1c(O)c([N+]#N)c2ccc(Cl)cc21. The van der Waals surface area contributed by atoms with Crippen LogP contribution in [0.5, 0.6) is 5.88 Å². The maximum absolute atomic E-state index is 9.58. The number of aromatic hydroxyl groups is 1. The zero-order valence-corrected chi connectivity index (χ0v) is 8.15. The number of hydrogen-bond acceptors (Lipinski definition) is 2. The number of rotatable bonds is 0. The summed E-state index contributed by atoms with van der Waals surface area (Å²) >= 11 is 5.81. The molecule has 0 spiro atoms. The Hall–Kier alpha value is -1.73. The molecule has 70 valence electrons. The van der Waals surface area contributed by atoms with Crippen molar-refractivity contribution in [1.82, 2.24) is 4.57 Å². The molecule has 0 bridgehead atoms. The van der Waals surface area contributed by atoms with Crippen LogP contribution in [0.15, 0.2) is 18.2 Å². The van der Waals surface area contributed by atoms with Gasteiger partial charge in [0.15, 0.2) is 4.98 Å². The van der Waals surface area contributed by atoms with E-state index in [1.54, 1.807) is 25.2 Å². The van der Waals surface area contributed by atoms with E-state index in [0.29, 0.717) is 10.4 Å². The third-order valence-corrected chi connectivity index (χ3v) is 2.44. The second-order valence-electron chi connectivity index (χ2n) is 2.99. The molecular weight excluding hydrogens is 202 g/mol. The largest absolute Gasteiger partial charge is 0.489 e. The molecule has 5 heteroatoms. The summed E-state index contributed by atoms with van der Waals surface area (Å²) in [5.74, 6) is -0.0789. The Morgan fingerprint density at radius 2 is 2.21 bits per heavy atom. The van der Waals surface area contributed by atoms with Crippen molar-refractivity contribution >= 4 is 28.2 Å². The zero-order chi connectivity index (χ0) is 10.3. The number of benzene rings is 1. The molecule has 1 aromatic heterocycles. The number of hydrogen-bond donors (Lipinski definition) is 1. The van der Waals surface area contributed by atoms with E-state index in [2.05, 4.69) is 4.98 Å². The van der Waals surface area contributed by atoms with Gasteiger partial charge in [-0.1, -0.05) is 11.6 Å². The summed E-state index contributed by atoms with van der Waals surface area (Å²) in [7, 11) is 1.67. The molecule has 0 radical (unpaired) electrons. The van der Waals surface area contributed by atoms with Crippen molar-refractivity contribution in [1.29, 1.82) is 5.39 Å². The summed E-state index contributed by atoms with van der Waals surface area (Å²) in [5, 5.41) is 19.5. The van der Waals surface area contributed by atoms with Crippen molar-refractivity contribution in [2.45, 2.75) is 0 Å². The van der Waals surface area contributed by atoms with Crippen LogP contribution in [0.3, 0.4) is 0 Å². The Kier molecular flexibility index (Phi) is 1.83. The molecular formula is C9H7ClN3O+. The van der Waals surface area contributed by atoms with Gasteiger partial charge in [-0.3, -0.25) is 0 Å². The lowest BCUT2D eigenvalue weighted by atomic mass is 10.2. The third kappa shape index (κ3) is 1.03. The highest BCUT2D eigenvalue weighted by atomic mass is 35.5. The standard InChI is InChI=1S/C9H6ClN3O/c1-13-7-4-5(10)2-3-6(7)8(12-11)9(13)14/h2-4H,1H3/p+1. The minimum atomic E-state index is -0.0789. The molecule has 0 unspecified atom stereocenters. The van der Waals surface area contributed by atoms with Crippen molar-refractivity contribution in [3.63, 3.8) is 0 Å². The molecule has 0 aliphatic rings. The van der Waals surface area contributed by atoms with E-state index >= 15 is 0 Å². The summed E-state index contributed by atoms with van der Waals surface area (Å²) in [4.78, 5) is 3.03. The number of aryl methyl sites for hydroxylation is 1. The first-order valence-electron chi connectivity index (χ1n) is 3.97. The molecule has 2 aromatic rings. The molecule has 0 fully saturated rings. The number of diazo groups is 1. The second kappa shape index (κ2) is 2.89. The van der Waals surface area contributed by atoms with E-state index in [0.717, 1.165) is 5.52 Å². The third-order valence-electron chi connectivity index (χ3n) is 2.21. The van der Waals surface area contributed by atoms with E-state index in [1.165, 1.54) is 4.57 Å². The van der Waals surface area contributed by atoms with Crippen molar-refractivity contribution in [2.75, 3.05) is 0 Å². The second-order valence-corrected chi connectivity index (χ2v) is 3.43. The van der Waals surface area contributed by atoms with E-state index in [1.807, 2.05) is 0 Å². The predicted octanol–water partition coefficient (Wildman–Crippen LogP) is 3.02. The van der Waals surface area contributed by atoms with Gasteiger partial charge in [0, 0.05) is 12.1 Å². The molecule has 1 aromatic carbocycles. The Bertz CT molecular complexity index is 553. The molecule has 0 atom stereocenters. The van der Waals surface area contributed by atoms with Crippen LogP contribution in [0.4, 0.5) is 5.69 Å². The summed E-state index contributed by atoms with van der Waals surface area (Å²) in [5.41, 5.74) is 0.891. The van der Waals surface area contributed by atoms with E-state index < -0.39 is 0 Å². The lowest BCUT2D eigenvalue weighted by molar-refractivity contribution is 0.438. The Morgan fingerprint density at radius 3 is 2.86 bits per heavy atom. The van der Waals surface area contributed by atoms with Gasteiger partial charge in [-0.25, -0.2) is 0 Å². The molecule has 0 aliphatic carbocycles. The number of fused-ring (bicyclic) bond motifs is 1.